The summed E-state index contributed by atoms with van der Waals surface area (Å²) in [5, 5.41) is 0. The fourth-order valence-corrected chi connectivity index (χ4v) is 3.40. The summed E-state index contributed by atoms with van der Waals surface area (Å²) in [7, 11) is 0. The van der Waals surface area contributed by atoms with Gasteiger partial charge < -0.3 is 5.73 Å². The Labute approximate surface area is 136 Å². The van der Waals surface area contributed by atoms with Crippen molar-refractivity contribution < 1.29 is 18.0 Å². The third-order valence-corrected chi connectivity index (χ3v) is 5.01. The normalized spacial score (nSPS) is 23.0. The molecule has 0 bridgehead atoms. The molecule has 0 aromatic heterocycles. The van der Waals surface area contributed by atoms with Crippen LogP contribution in [0.5, 0.6) is 0 Å². The number of benzene rings is 1. The molecule has 0 radical (unpaired) electrons. The number of alkyl halides is 4. The lowest BCUT2D eigenvalue weighted by Crippen LogP contribution is -2.46. The van der Waals surface area contributed by atoms with Crippen LogP contribution < -0.4 is 5.73 Å². The molecule has 0 fully saturated rings. The number of nitrogens with two attached hydrogens (primary N) is 1. The Balaban J connectivity index is 2.45. The fourth-order valence-electron chi connectivity index (χ4n) is 2.00. The third kappa shape index (κ3) is 2.94. The Hall–Kier alpha value is -1.08. The number of carbonyl (C=O) groups excluding carboxylic acids is 1. The van der Waals surface area contributed by atoms with Gasteiger partial charge in [0.25, 0.3) is 0 Å². The summed E-state index contributed by atoms with van der Waals surface area (Å²) in [6, 6.07) is 8.15. The van der Waals surface area contributed by atoms with E-state index in [1.54, 1.807) is 30.3 Å². The van der Waals surface area contributed by atoms with Crippen LogP contribution >= 0.6 is 31.9 Å². The van der Waals surface area contributed by atoms with E-state index in [1.165, 1.54) is 6.08 Å². The first-order chi connectivity index (χ1) is 9.67. The zero-order valence-electron chi connectivity index (χ0n) is 10.5. The van der Waals surface area contributed by atoms with Crippen LogP contribution in [-0.2, 0) is 0 Å². The second-order valence-corrected chi connectivity index (χ2v) is 6.81. The van der Waals surface area contributed by atoms with Gasteiger partial charge in [-0.05, 0) is 22.0 Å². The zero-order valence-corrected chi connectivity index (χ0v) is 13.7. The van der Waals surface area contributed by atoms with Gasteiger partial charge in [-0.3, -0.25) is 4.79 Å². The summed E-state index contributed by atoms with van der Waals surface area (Å²) in [4.78, 5) is 12.3. The Morgan fingerprint density at radius 2 is 1.81 bits per heavy atom. The highest BCUT2D eigenvalue weighted by atomic mass is 79.9. The van der Waals surface area contributed by atoms with Crippen LogP contribution in [0.25, 0.3) is 0 Å². The van der Waals surface area contributed by atoms with E-state index in [0.29, 0.717) is 5.56 Å². The standard InChI is InChI=1S/C14H10Br2F3NO/c15-10-6-9(11(21)8-4-2-1-3-5-8)7-13(16,12(10)20)14(17,18)19/h1-6H,7,20H2. The SMILES string of the molecule is NC1=C(Br)C=C(C(=O)c2ccccc2)CC1(Br)C(F)(F)F. The van der Waals surface area contributed by atoms with E-state index < -0.39 is 22.7 Å². The van der Waals surface area contributed by atoms with Gasteiger partial charge in [0.1, 0.15) is 0 Å². The number of Topliss-reactive ketones (excluding diaryl/α,β-unsaturated/α-hetero) is 1. The van der Waals surface area contributed by atoms with Crippen molar-refractivity contribution in [2.75, 3.05) is 0 Å². The number of ketones is 1. The minimum Gasteiger partial charge on any atom is -0.400 e. The maximum absolute atomic E-state index is 13.3. The van der Waals surface area contributed by atoms with Crippen LogP contribution in [0.1, 0.15) is 16.8 Å². The number of rotatable bonds is 2. The molecule has 2 N–H and O–H groups in total. The van der Waals surface area contributed by atoms with E-state index >= 15 is 0 Å². The molecule has 0 saturated heterocycles. The first kappa shape index (κ1) is 16.3. The average molecular weight is 425 g/mol. The summed E-state index contributed by atoms with van der Waals surface area (Å²) in [6.45, 7) is 0. The molecule has 1 atom stereocenters. The van der Waals surface area contributed by atoms with Gasteiger partial charge in [-0.25, -0.2) is 0 Å². The predicted molar refractivity (Wildman–Crippen MR) is 81.3 cm³/mol. The molecule has 0 amide bonds. The first-order valence-electron chi connectivity index (χ1n) is 5.88. The van der Waals surface area contributed by atoms with Crippen LogP contribution in [0.4, 0.5) is 13.2 Å². The van der Waals surface area contributed by atoms with Crippen LogP contribution in [0.3, 0.4) is 0 Å². The monoisotopic (exact) mass is 423 g/mol. The van der Waals surface area contributed by atoms with E-state index in [1.807, 2.05) is 0 Å². The molecule has 1 aliphatic rings. The molecule has 1 aromatic rings. The Kier molecular flexibility index (Phi) is 4.35. The third-order valence-electron chi connectivity index (χ3n) is 3.20. The number of hydrogen-bond donors (Lipinski definition) is 1. The summed E-state index contributed by atoms with van der Waals surface area (Å²) in [5.74, 6) is -0.451. The number of allylic oxidation sites excluding steroid dienone is 4. The zero-order chi connectivity index (χ0) is 15.8. The molecule has 1 aliphatic carbocycles. The van der Waals surface area contributed by atoms with E-state index in [-0.39, 0.29) is 15.8 Å². The van der Waals surface area contributed by atoms with E-state index in [4.69, 9.17) is 5.73 Å². The van der Waals surface area contributed by atoms with E-state index in [0.717, 1.165) is 0 Å². The van der Waals surface area contributed by atoms with Crippen LogP contribution in [0, 0.1) is 0 Å². The van der Waals surface area contributed by atoms with Crippen molar-refractivity contribution >= 4 is 37.6 Å². The second-order valence-electron chi connectivity index (χ2n) is 4.60. The van der Waals surface area contributed by atoms with Crippen LogP contribution in [-0.4, -0.2) is 16.3 Å². The van der Waals surface area contributed by atoms with E-state index in [9.17, 15) is 18.0 Å². The highest BCUT2D eigenvalue weighted by Gasteiger charge is 2.57. The van der Waals surface area contributed by atoms with Gasteiger partial charge in [-0.1, -0.05) is 46.3 Å². The molecule has 21 heavy (non-hydrogen) atoms. The molecule has 2 rings (SSSR count). The summed E-state index contributed by atoms with van der Waals surface area (Å²) in [6.07, 6.45) is -3.83. The van der Waals surface area contributed by atoms with Gasteiger partial charge in [-0.2, -0.15) is 13.2 Å². The predicted octanol–water partition coefficient (Wildman–Crippen LogP) is 4.46. The lowest BCUT2D eigenvalue weighted by Gasteiger charge is -2.34. The van der Waals surface area contributed by atoms with Crippen molar-refractivity contribution in [3.63, 3.8) is 0 Å². The Morgan fingerprint density at radius 3 is 2.33 bits per heavy atom. The summed E-state index contributed by atoms with van der Waals surface area (Å²) < 4.78 is 37.4. The molecule has 1 aromatic carbocycles. The summed E-state index contributed by atoms with van der Waals surface area (Å²) in [5.41, 5.74) is 5.54. The highest BCUT2D eigenvalue weighted by molar-refractivity contribution is 9.12. The molecule has 7 heteroatoms. The fraction of sp³-hybridized carbons (Fsp3) is 0.214. The average Bonchev–Trinajstić information content (AvgIpc) is 2.43. The number of carbonyl (C=O) groups is 1. The topological polar surface area (TPSA) is 43.1 Å². The molecule has 112 valence electrons. The van der Waals surface area contributed by atoms with Gasteiger partial charge in [0.05, 0.1) is 0 Å². The lowest BCUT2D eigenvalue weighted by molar-refractivity contribution is -0.148. The Morgan fingerprint density at radius 1 is 1.24 bits per heavy atom. The lowest BCUT2D eigenvalue weighted by atomic mass is 9.87. The summed E-state index contributed by atoms with van der Waals surface area (Å²) >= 11 is 5.67. The van der Waals surface area contributed by atoms with Crippen LogP contribution in [0.2, 0.25) is 0 Å². The van der Waals surface area contributed by atoms with Crippen molar-refractivity contribution in [2.45, 2.75) is 16.9 Å². The molecule has 0 heterocycles. The highest BCUT2D eigenvalue weighted by Crippen LogP contribution is 2.50. The molecule has 0 spiro atoms. The molecule has 1 unspecified atom stereocenters. The van der Waals surface area contributed by atoms with Gasteiger partial charge in [0, 0.05) is 27.7 Å². The van der Waals surface area contributed by atoms with Crippen molar-refractivity contribution in [1.29, 1.82) is 0 Å². The van der Waals surface area contributed by atoms with Crippen molar-refractivity contribution in [3.8, 4) is 0 Å². The molecular formula is C14H10Br2F3NO. The van der Waals surface area contributed by atoms with Gasteiger partial charge in [0.15, 0.2) is 10.1 Å². The maximum Gasteiger partial charge on any atom is 0.409 e. The smallest absolute Gasteiger partial charge is 0.400 e. The second kappa shape index (κ2) is 5.61. The molecule has 0 saturated carbocycles. The maximum atomic E-state index is 13.3. The minimum absolute atomic E-state index is 0.0384. The minimum atomic E-state index is -4.62. The van der Waals surface area contributed by atoms with Gasteiger partial charge in [-0.15, -0.1) is 0 Å². The molecular weight excluding hydrogens is 415 g/mol. The van der Waals surface area contributed by atoms with E-state index in [2.05, 4.69) is 31.9 Å². The number of hydrogen-bond acceptors (Lipinski definition) is 2. The van der Waals surface area contributed by atoms with Crippen LogP contribution in [0.15, 0.2) is 52.2 Å². The van der Waals surface area contributed by atoms with Gasteiger partial charge in [0.2, 0.25) is 0 Å². The molecule has 2 nitrogen and oxygen atoms in total. The first-order valence-corrected chi connectivity index (χ1v) is 7.47. The van der Waals surface area contributed by atoms with Gasteiger partial charge >= 0.3 is 6.18 Å². The van der Waals surface area contributed by atoms with Crippen molar-refractivity contribution in [3.05, 3.63) is 57.7 Å². The largest absolute Gasteiger partial charge is 0.409 e. The quantitative estimate of drug-likeness (QED) is 0.562. The van der Waals surface area contributed by atoms with Crippen molar-refractivity contribution in [2.24, 2.45) is 5.73 Å². The number of halogens is 5. The molecule has 0 aliphatic heterocycles. The van der Waals surface area contributed by atoms with Crippen molar-refractivity contribution in [1.82, 2.24) is 0 Å². The Bertz CT molecular complexity index is 637.